The normalized spacial score (nSPS) is 21.0. The largest absolute Gasteiger partial charge is 0.466 e. The van der Waals surface area contributed by atoms with Crippen LogP contribution in [0, 0.1) is 5.92 Å². The number of hydrogen-bond donors (Lipinski definition) is 0. The van der Waals surface area contributed by atoms with Crippen LogP contribution in [0.25, 0.3) is 0 Å². The highest BCUT2D eigenvalue weighted by Crippen LogP contribution is 2.34. The highest BCUT2D eigenvalue weighted by atomic mass is 19.3. The molecular formula is C17H25F2N3O4. The second kappa shape index (κ2) is 8.01. The molecule has 0 spiro atoms. The third-order valence-corrected chi connectivity index (χ3v) is 4.10. The molecule has 7 nitrogen and oxygen atoms in total. The zero-order valence-electron chi connectivity index (χ0n) is 15.4. The molecule has 9 heteroatoms. The summed E-state index contributed by atoms with van der Waals surface area (Å²) in [7, 11) is 0. The number of carbonyl (C=O) groups excluding carboxylic acids is 2. The molecule has 0 bridgehead atoms. The van der Waals surface area contributed by atoms with Crippen molar-refractivity contribution in [3.05, 3.63) is 18.0 Å². The Morgan fingerprint density at radius 3 is 2.62 bits per heavy atom. The van der Waals surface area contributed by atoms with Crippen LogP contribution in [-0.2, 0) is 14.3 Å². The van der Waals surface area contributed by atoms with Crippen LogP contribution in [-0.4, -0.2) is 52.0 Å². The molecule has 2 heterocycles. The van der Waals surface area contributed by atoms with Crippen molar-refractivity contribution in [3.63, 3.8) is 0 Å². The first kappa shape index (κ1) is 20.1. The SMILES string of the molecule is CCOC(=O)C1CCN(C(=O)OC(C)(C)C)CC1c1cnn(C(F)F)c1. The molecule has 1 amide bonds. The minimum Gasteiger partial charge on any atom is -0.466 e. The van der Waals surface area contributed by atoms with E-state index in [9.17, 15) is 18.4 Å². The molecule has 0 aromatic carbocycles. The van der Waals surface area contributed by atoms with Gasteiger partial charge in [-0.05, 0) is 39.7 Å². The second-order valence-electron chi connectivity index (χ2n) is 7.21. The molecule has 1 aliphatic heterocycles. The zero-order valence-corrected chi connectivity index (χ0v) is 15.4. The van der Waals surface area contributed by atoms with Gasteiger partial charge in [-0.3, -0.25) is 4.79 Å². The Morgan fingerprint density at radius 2 is 2.08 bits per heavy atom. The number of nitrogens with zero attached hydrogens (tertiary/aromatic N) is 3. The number of esters is 1. The van der Waals surface area contributed by atoms with Crippen molar-refractivity contribution in [1.29, 1.82) is 0 Å². The van der Waals surface area contributed by atoms with Crippen molar-refractivity contribution in [2.75, 3.05) is 19.7 Å². The van der Waals surface area contributed by atoms with Crippen molar-refractivity contribution in [1.82, 2.24) is 14.7 Å². The summed E-state index contributed by atoms with van der Waals surface area (Å²) in [4.78, 5) is 26.1. The van der Waals surface area contributed by atoms with Gasteiger partial charge >= 0.3 is 18.6 Å². The van der Waals surface area contributed by atoms with Gasteiger partial charge in [0.1, 0.15) is 5.60 Å². The van der Waals surface area contributed by atoms with Crippen molar-refractivity contribution in [3.8, 4) is 0 Å². The first-order valence-electron chi connectivity index (χ1n) is 8.59. The van der Waals surface area contributed by atoms with Crippen LogP contribution in [0.4, 0.5) is 13.6 Å². The van der Waals surface area contributed by atoms with Gasteiger partial charge in [0.05, 0.1) is 18.7 Å². The molecule has 0 N–H and O–H groups in total. The smallest absolute Gasteiger partial charge is 0.410 e. The summed E-state index contributed by atoms with van der Waals surface area (Å²) in [6.07, 6.45) is 2.38. The second-order valence-corrected chi connectivity index (χ2v) is 7.21. The number of alkyl halides is 2. The highest BCUT2D eigenvalue weighted by Gasteiger charge is 2.39. The van der Waals surface area contributed by atoms with Gasteiger partial charge in [-0.15, -0.1) is 0 Å². The van der Waals surface area contributed by atoms with Gasteiger partial charge in [0, 0.05) is 25.2 Å². The van der Waals surface area contributed by atoms with Crippen molar-refractivity contribution in [2.45, 2.75) is 52.2 Å². The number of likely N-dealkylation sites (tertiary alicyclic amines) is 1. The summed E-state index contributed by atoms with van der Waals surface area (Å²) in [5, 5.41) is 3.64. The van der Waals surface area contributed by atoms with E-state index < -0.39 is 36.0 Å². The van der Waals surface area contributed by atoms with E-state index in [4.69, 9.17) is 9.47 Å². The number of amides is 1. The van der Waals surface area contributed by atoms with Gasteiger partial charge in [0.15, 0.2) is 0 Å². The molecule has 1 fully saturated rings. The van der Waals surface area contributed by atoms with Crippen LogP contribution in [0.5, 0.6) is 0 Å². The minimum atomic E-state index is -2.77. The third kappa shape index (κ3) is 4.92. The number of carbonyl (C=O) groups is 2. The molecule has 2 rings (SSSR count). The molecule has 1 aromatic rings. The van der Waals surface area contributed by atoms with Crippen molar-refractivity contribution >= 4 is 12.1 Å². The van der Waals surface area contributed by atoms with Crippen LogP contribution >= 0.6 is 0 Å². The lowest BCUT2D eigenvalue weighted by Gasteiger charge is -2.37. The van der Waals surface area contributed by atoms with Crippen LogP contribution < -0.4 is 0 Å². The number of aromatic nitrogens is 2. The predicted octanol–water partition coefficient (Wildman–Crippen LogP) is 3.18. The van der Waals surface area contributed by atoms with Gasteiger partial charge < -0.3 is 14.4 Å². The lowest BCUT2D eigenvalue weighted by molar-refractivity contribution is -0.150. The summed E-state index contributed by atoms with van der Waals surface area (Å²) in [5.41, 5.74) is -0.179. The molecule has 1 saturated heterocycles. The first-order valence-corrected chi connectivity index (χ1v) is 8.59. The van der Waals surface area contributed by atoms with E-state index in [2.05, 4.69) is 5.10 Å². The van der Waals surface area contributed by atoms with Gasteiger partial charge in [0.2, 0.25) is 0 Å². The fraction of sp³-hybridized carbons (Fsp3) is 0.706. The molecule has 1 aromatic heterocycles. The number of piperidine rings is 1. The maximum Gasteiger partial charge on any atom is 0.410 e. The maximum atomic E-state index is 12.8. The van der Waals surface area contributed by atoms with E-state index in [0.29, 0.717) is 23.2 Å². The molecule has 0 aliphatic carbocycles. The predicted molar refractivity (Wildman–Crippen MR) is 88.8 cm³/mol. The van der Waals surface area contributed by atoms with Gasteiger partial charge in [0.25, 0.3) is 0 Å². The molecule has 2 unspecified atom stereocenters. The molecule has 26 heavy (non-hydrogen) atoms. The lowest BCUT2D eigenvalue weighted by Crippen LogP contribution is -2.46. The summed E-state index contributed by atoms with van der Waals surface area (Å²) >= 11 is 0. The quantitative estimate of drug-likeness (QED) is 0.758. The fourth-order valence-electron chi connectivity index (χ4n) is 2.96. The zero-order chi connectivity index (χ0) is 19.5. The Hall–Kier alpha value is -2.19. The maximum absolute atomic E-state index is 12.8. The lowest BCUT2D eigenvalue weighted by atomic mass is 9.82. The van der Waals surface area contributed by atoms with E-state index in [0.717, 1.165) is 0 Å². The Kier molecular flexibility index (Phi) is 6.20. The number of hydrogen-bond acceptors (Lipinski definition) is 5. The molecule has 0 saturated carbocycles. The first-order chi connectivity index (χ1) is 12.1. The van der Waals surface area contributed by atoms with E-state index >= 15 is 0 Å². The number of ether oxygens (including phenoxy) is 2. The molecular weight excluding hydrogens is 348 g/mol. The monoisotopic (exact) mass is 373 g/mol. The summed E-state index contributed by atoms with van der Waals surface area (Å²) in [5.74, 6) is -1.40. The Balaban J connectivity index is 2.22. The van der Waals surface area contributed by atoms with Gasteiger partial charge in [-0.2, -0.15) is 13.9 Å². The molecule has 1 aliphatic rings. The summed E-state index contributed by atoms with van der Waals surface area (Å²) in [6.45, 7) is 4.97. The molecule has 2 atom stereocenters. The average molecular weight is 373 g/mol. The van der Waals surface area contributed by atoms with Crippen LogP contribution in [0.2, 0.25) is 0 Å². The Labute approximate surface area is 151 Å². The van der Waals surface area contributed by atoms with Gasteiger partial charge in [-0.25, -0.2) is 9.48 Å². The number of rotatable bonds is 4. The van der Waals surface area contributed by atoms with Crippen LogP contribution in [0.15, 0.2) is 12.4 Å². The molecule has 0 radical (unpaired) electrons. The Bertz CT molecular complexity index is 642. The van der Waals surface area contributed by atoms with Crippen LogP contribution in [0.3, 0.4) is 0 Å². The molecule has 146 valence electrons. The van der Waals surface area contributed by atoms with Crippen LogP contribution in [0.1, 0.15) is 52.1 Å². The summed E-state index contributed by atoms with van der Waals surface area (Å²) < 4.78 is 36.7. The van der Waals surface area contributed by atoms with E-state index in [1.165, 1.54) is 17.3 Å². The topological polar surface area (TPSA) is 73.7 Å². The number of halogens is 2. The van der Waals surface area contributed by atoms with E-state index in [-0.39, 0.29) is 13.2 Å². The fourth-order valence-corrected chi connectivity index (χ4v) is 2.96. The van der Waals surface area contributed by atoms with Crippen molar-refractivity contribution in [2.24, 2.45) is 5.92 Å². The average Bonchev–Trinajstić information content (AvgIpc) is 3.03. The van der Waals surface area contributed by atoms with Gasteiger partial charge in [-0.1, -0.05) is 0 Å². The van der Waals surface area contributed by atoms with Crippen molar-refractivity contribution < 1.29 is 27.8 Å². The third-order valence-electron chi connectivity index (χ3n) is 4.10. The van der Waals surface area contributed by atoms with E-state index in [1.54, 1.807) is 27.7 Å². The summed E-state index contributed by atoms with van der Waals surface area (Å²) in [6, 6.07) is 0. The van der Waals surface area contributed by atoms with E-state index in [1.807, 2.05) is 0 Å². The minimum absolute atomic E-state index is 0.174. The highest BCUT2D eigenvalue weighted by molar-refractivity contribution is 5.75. The Morgan fingerprint density at radius 1 is 1.38 bits per heavy atom. The standard InChI is InChI=1S/C17H25F2N3O4/c1-5-25-14(23)12-6-7-21(16(24)26-17(2,3)4)10-13(12)11-8-20-22(9-11)15(18)19/h8-9,12-13,15H,5-7,10H2,1-4H3.